The number of hydrogen-bond donors (Lipinski definition) is 3. The average molecular weight is 265 g/mol. The highest BCUT2D eigenvalue weighted by atomic mass is 32.1. The van der Waals surface area contributed by atoms with E-state index in [0.717, 1.165) is 0 Å². The smallest absolute Gasteiger partial charge is 0.205 e. The van der Waals surface area contributed by atoms with Crippen molar-refractivity contribution in [3.8, 4) is 5.75 Å². The molecule has 0 aliphatic carbocycles. The van der Waals surface area contributed by atoms with Crippen molar-refractivity contribution in [3.05, 3.63) is 28.2 Å². The summed E-state index contributed by atoms with van der Waals surface area (Å²) in [5.41, 5.74) is 2.48. The van der Waals surface area contributed by atoms with Crippen LogP contribution in [0.1, 0.15) is 9.75 Å². The number of nitrogens with two attached hydrogens (primary N) is 1. The Morgan fingerprint density at radius 3 is 2.72 bits per heavy atom. The van der Waals surface area contributed by atoms with Gasteiger partial charge in [0.05, 0.1) is 13.7 Å². The predicted octanol–water partition coefficient (Wildman–Crippen LogP) is 1.75. The summed E-state index contributed by atoms with van der Waals surface area (Å²) in [6.07, 6.45) is 1.43. The number of aromatic nitrogens is 2. The molecule has 0 aromatic carbocycles. The Kier molecular flexibility index (Phi) is 3.96. The number of aryl methyl sites for hydroxylation is 1. The summed E-state index contributed by atoms with van der Waals surface area (Å²) >= 11 is 1.74. The van der Waals surface area contributed by atoms with E-state index in [4.69, 9.17) is 10.6 Å². The van der Waals surface area contributed by atoms with Gasteiger partial charge in [0, 0.05) is 9.75 Å². The van der Waals surface area contributed by atoms with Gasteiger partial charge in [-0.2, -0.15) is 0 Å². The number of nitrogens with zero attached hydrogens (tertiary/aromatic N) is 2. The standard InChI is InChI=1S/C11H15N5OS/c1-7-3-4-8(18-7)5-13-10-9(17-2)11(16-12)15-6-14-10/h3-4,6H,5,12H2,1-2H3,(H2,13,14,15,16). The average Bonchev–Trinajstić information content (AvgIpc) is 2.81. The number of methoxy groups -OCH3 is 1. The molecule has 18 heavy (non-hydrogen) atoms. The summed E-state index contributed by atoms with van der Waals surface area (Å²) in [5.74, 6) is 6.94. The Bertz CT molecular complexity index is 528. The monoisotopic (exact) mass is 265 g/mol. The van der Waals surface area contributed by atoms with E-state index < -0.39 is 0 Å². The number of anilines is 2. The fourth-order valence-electron chi connectivity index (χ4n) is 1.55. The van der Waals surface area contributed by atoms with E-state index in [0.29, 0.717) is 23.9 Å². The van der Waals surface area contributed by atoms with Gasteiger partial charge in [-0.05, 0) is 19.1 Å². The summed E-state index contributed by atoms with van der Waals surface area (Å²) in [6, 6.07) is 4.18. The molecule has 4 N–H and O–H groups in total. The van der Waals surface area contributed by atoms with Gasteiger partial charge in [0.25, 0.3) is 0 Å². The molecule has 0 bridgehead atoms. The lowest BCUT2D eigenvalue weighted by atomic mass is 10.4. The summed E-state index contributed by atoms with van der Waals surface area (Å²) in [7, 11) is 1.56. The number of hydrogen-bond acceptors (Lipinski definition) is 7. The number of rotatable bonds is 5. The van der Waals surface area contributed by atoms with Gasteiger partial charge in [-0.3, -0.25) is 0 Å². The normalized spacial score (nSPS) is 10.2. The highest BCUT2D eigenvalue weighted by Gasteiger charge is 2.10. The number of ether oxygens (including phenoxy) is 1. The highest BCUT2D eigenvalue weighted by Crippen LogP contribution is 2.28. The van der Waals surface area contributed by atoms with Crippen LogP contribution in [-0.4, -0.2) is 17.1 Å². The quantitative estimate of drug-likeness (QED) is 0.564. The zero-order valence-corrected chi connectivity index (χ0v) is 11.0. The van der Waals surface area contributed by atoms with Crippen LogP contribution in [0.5, 0.6) is 5.75 Å². The Hall–Kier alpha value is -1.86. The molecule has 0 aliphatic heterocycles. The van der Waals surface area contributed by atoms with Crippen LogP contribution in [0.25, 0.3) is 0 Å². The summed E-state index contributed by atoms with van der Waals surface area (Å²) in [5, 5.41) is 3.21. The summed E-state index contributed by atoms with van der Waals surface area (Å²) < 4.78 is 5.23. The second kappa shape index (κ2) is 5.65. The first-order chi connectivity index (χ1) is 8.74. The Morgan fingerprint density at radius 2 is 2.11 bits per heavy atom. The van der Waals surface area contributed by atoms with Crippen LogP contribution in [0.4, 0.5) is 11.6 Å². The maximum absolute atomic E-state index is 5.36. The number of hydrazine groups is 1. The number of thiophene rings is 1. The molecule has 0 saturated carbocycles. The van der Waals surface area contributed by atoms with Crippen molar-refractivity contribution >= 4 is 23.0 Å². The van der Waals surface area contributed by atoms with E-state index in [-0.39, 0.29) is 0 Å². The van der Waals surface area contributed by atoms with Crippen molar-refractivity contribution in [2.45, 2.75) is 13.5 Å². The molecule has 7 heteroatoms. The second-order valence-corrected chi connectivity index (χ2v) is 4.99. The Labute approximate surface area is 109 Å². The first-order valence-electron chi connectivity index (χ1n) is 5.39. The van der Waals surface area contributed by atoms with Gasteiger partial charge in [-0.15, -0.1) is 11.3 Å². The van der Waals surface area contributed by atoms with Crippen LogP contribution < -0.4 is 21.3 Å². The molecule has 0 fully saturated rings. The Morgan fingerprint density at radius 1 is 1.33 bits per heavy atom. The third kappa shape index (κ3) is 2.69. The van der Waals surface area contributed by atoms with Crippen LogP contribution in [0.2, 0.25) is 0 Å². The van der Waals surface area contributed by atoms with Crippen LogP contribution in [0, 0.1) is 6.92 Å². The molecule has 0 spiro atoms. The third-order valence-corrected chi connectivity index (χ3v) is 3.37. The predicted molar refractivity (Wildman–Crippen MR) is 72.8 cm³/mol. The van der Waals surface area contributed by atoms with Gasteiger partial charge in [-0.25, -0.2) is 15.8 Å². The zero-order valence-electron chi connectivity index (χ0n) is 10.2. The van der Waals surface area contributed by atoms with Crippen molar-refractivity contribution in [2.24, 2.45) is 5.84 Å². The van der Waals surface area contributed by atoms with E-state index in [1.807, 2.05) is 0 Å². The molecule has 0 unspecified atom stereocenters. The molecule has 96 valence electrons. The fraction of sp³-hybridized carbons (Fsp3) is 0.273. The minimum Gasteiger partial charge on any atom is -0.490 e. The highest BCUT2D eigenvalue weighted by molar-refractivity contribution is 7.11. The first-order valence-corrected chi connectivity index (χ1v) is 6.21. The topological polar surface area (TPSA) is 85.1 Å². The van der Waals surface area contributed by atoms with E-state index >= 15 is 0 Å². The molecule has 6 nitrogen and oxygen atoms in total. The van der Waals surface area contributed by atoms with Gasteiger partial charge < -0.3 is 15.5 Å². The van der Waals surface area contributed by atoms with Gasteiger partial charge in [0.1, 0.15) is 6.33 Å². The van der Waals surface area contributed by atoms with E-state index in [9.17, 15) is 0 Å². The molecule has 2 heterocycles. The van der Waals surface area contributed by atoms with Crippen LogP contribution in [0.3, 0.4) is 0 Å². The van der Waals surface area contributed by atoms with Crippen LogP contribution >= 0.6 is 11.3 Å². The molecule has 0 radical (unpaired) electrons. The van der Waals surface area contributed by atoms with Gasteiger partial charge in [0.15, 0.2) is 11.6 Å². The van der Waals surface area contributed by atoms with Crippen LogP contribution in [-0.2, 0) is 6.54 Å². The maximum atomic E-state index is 5.36. The lowest BCUT2D eigenvalue weighted by Gasteiger charge is -2.11. The molecular weight excluding hydrogens is 250 g/mol. The number of nitrogen functional groups attached to an aromatic ring is 1. The van der Waals surface area contributed by atoms with E-state index in [1.165, 1.54) is 16.1 Å². The fourth-order valence-corrected chi connectivity index (χ4v) is 2.38. The van der Waals surface area contributed by atoms with Crippen molar-refractivity contribution < 1.29 is 4.74 Å². The third-order valence-electron chi connectivity index (χ3n) is 2.37. The van der Waals surface area contributed by atoms with Gasteiger partial charge >= 0.3 is 0 Å². The first kappa shape index (κ1) is 12.6. The van der Waals surface area contributed by atoms with Crippen molar-refractivity contribution in [3.63, 3.8) is 0 Å². The number of nitrogens with one attached hydrogen (secondary N) is 2. The molecule has 2 rings (SSSR count). The van der Waals surface area contributed by atoms with Crippen molar-refractivity contribution in [2.75, 3.05) is 17.9 Å². The molecular formula is C11H15N5OS. The van der Waals surface area contributed by atoms with Crippen molar-refractivity contribution in [1.29, 1.82) is 0 Å². The SMILES string of the molecule is COc1c(NN)ncnc1NCc1ccc(C)s1. The molecule has 0 atom stereocenters. The molecule has 2 aromatic heterocycles. The lowest BCUT2D eigenvalue weighted by Crippen LogP contribution is -2.12. The minimum atomic E-state index is 0.456. The van der Waals surface area contributed by atoms with Crippen LogP contribution in [0.15, 0.2) is 18.5 Å². The molecule has 0 saturated heterocycles. The van der Waals surface area contributed by atoms with Gasteiger partial charge in [0.2, 0.25) is 5.75 Å². The minimum absolute atomic E-state index is 0.456. The Balaban J connectivity index is 2.13. The zero-order chi connectivity index (χ0) is 13.0. The lowest BCUT2D eigenvalue weighted by molar-refractivity contribution is 0.414. The molecule has 0 aliphatic rings. The summed E-state index contributed by atoms with van der Waals surface area (Å²) in [6.45, 7) is 2.77. The van der Waals surface area contributed by atoms with Crippen molar-refractivity contribution in [1.82, 2.24) is 9.97 Å². The van der Waals surface area contributed by atoms with E-state index in [1.54, 1.807) is 18.4 Å². The molecule has 2 aromatic rings. The largest absolute Gasteiger partial charge is 0.490 e. The molecule has 0 amide bonds. The van der Waals surface area contributed by atoms with Gasteiger partial charge in [-0.1, -0.05) is 0 Å². The second-order valence-electron chi connectivity index (χ2n) is 3.61. The maximum Gasteiger partial charge on any atom is 0.205 e. The van der Waals surface area contributed by atoms with E-state index in [2.05, 4.69) is 39.8 Å². The summed E-state index contributed by atoms with van der Waals surface area (Å²) in [4.78, 5) is 10.6.